The molecule has 0 amide bonds. The molecule has 108 valence electrons. The van der Waals surface area contributed by atoms with Gasteiger partial charge >= 0.3 is 0 Å². The quantitative estimate of drug-likeness (QED) is 0.584. The summed E-state index contributed by atoms with van der Waals surface area (Å²) in [5.74, 6) is 3.67. The normalized spacial score (nSPS) is 13.5. The van der Waals surface area contributed by atoms with Gasteiger partial charge in [-0.3, -0.25) is 11.3 Å². The molecule has 0 aliphatic heterocycles. The predicted molar refractivity (Wildman–Crippen MR) is 70.1 cm³/mol. The summed E-state index contributed by atoms with van der Waals surface area (Å²) in [7, 11) is -2.99. The van der Waals surface area contributed by atoms with Gasteiger partial charge in [-0.15, -0.1) is 0 Å². The number of nitrogens with two attached hydrogens (primary N) is 1. The molecule has 19 heavy (non-hydrogen) atoms. The van der Waals surface area contributed by atoms with E-state index in [9.17, 15) is 17.2 Å². The molecule has 1 rings (SSSR count). The fourth-order valence-electron chi connectivity index (χ4n) is 1.79. The fourth-order valence-corrected chi connectivity index (χ4v) is 2.48. The van der Waals surface area contributed by atoms with Gasteiger partial charge in [0.2, 0.25) is 0 Å². The van der Waals surface area contributed by atoms with Crippen molar-refractivity contribution in [2.75, 3.05) is 12.0 Å². The number of rotatable bonds is 7. The molecule has 0 aliphatic carbocycles. The second-order valence-corrected chi connectivity index (χ2v) is 6.85. The lowest BCUT2D eigenvalue weighted by Gasteiger charge is -2.15. The maximum Gasteiger partial charge on any atom is 0.159 e. The number of nitrogens with one attached hydrogen (secondary N) is 1. The first-order valence-electron chi connectivity index (χ1n) is 5.89. The van der Waals surface area contributed by atoms with Crippen molar-refractivity contribution in [3.8, 4) is 0 Å². The fraction of sp³-hybridized carbons (Fsp3) is 0.500. The maximum atomic E-state index is 13.0. The summed E-state index contributed by atoms with van der Waals surface area (Å²) in [6.07, 6.45) is 2.60. The molecule has 1 unspecified atom stereocenters. The lowest BCUT2D eigenvalue weighted by Crippen LogP contribution is -2.37. The Bertz CT molecular complexity index is 520. The summed E-state index contributed by atoms with van der Waals surface area (Å²) in [4.78, 5) is 0. The van der Waals surface area contributed by atoms with Crippen LogP contribution in [0.2, 0.25) is 0 Å². The Hall–Kier alpha value is -1.05. The largest absolute Gasteiger partial charge is 0.271 e. The third-order valence-corrected chi connectivity index (χ3v) is 3.80. The molecule has 0 saturated carbocycles. The molecule has 0 aromatic heterocycles. The van der Waals surface area contributed by atoms with Crippen molar-refractivity contribution in [2.45, 2.75) is 25.3 Å². The molecule has 0 aliphatic rings. The van der Waals surface area contributed by atoms with Crippen LogP contribution in [-0.2, 0) is 16.3 Å². The van der Waals surface area contributed by atoms with Gasteiger partial charge in [-0.25, -0.2) is 17.2 Å². The zero-order chi connectivity index (χ0) is 14.5. The van der Waals surface area contributed by atoms with Crippen molar-refractivity contribution in [2.24, 2.45) is 5.84 Å². The van der Waals surface area contributed by atoms with Crippen LogP contribution in [0, 0.1) is 11.6 Å². The van der Waals surface area contributed by atoms with E-state index in [4.69, 9.17) is 5.84 Å². The number of hydrazine groups is 1. The van der Waals surface area contributed by atoms with Crippen LogP contribution < -0.4 is 11.3 Å². The van der Waals surface area contributed by atoms with E-state index in [0.29, 0.717) is 24.8 Å². The van der Waals surface area contributed by atoms with Gasteiger partial charge in [0.25, 0.3) is 0 Å². The van der Waals surface area contributed by atoms with E-state index in [0.717, 1.165) is 12.1 Å². The number of hydrogen-bond acceptors (Lipinski definition) is 4. The summed E-state index contributed by atoms with van der Waals surface area (Å²) < 4.78 is 47.8. The Labute approximate surface area is 111 Å². The molecule has 0 saturated heterocycles. The first kappa shape index (κ1) is 16.0. The van der Waals surface area contributed by atoms with E-state index >= 15 is 0 Å². The monoisotopic (exact) mass is 292 g/mol. The molecule has 4 nitrogen and oxygen atoms in total. The zero-order valence-corrected chi connectivity index (χ0v) is 11.5. The van der Waals surface area contributed by atoms with Gasteiger partial charge in [-0.2, -0.15) is 0 Å². The first-order chi connectivity index (χ1) is 8.81. The summed E-state index contributed by atoms with van der Waals surface area (Å²) in [6, 6.07) is 3.50. The molecular formula is C12H18F2N2O2S. The van der Waals surface area contributed by atoms with Gasteiger partial charge in [0, 0.05) is 18.1 Å². The standard InChI is InChI=1S/C12H18F2N2O2S/c1-19(17,18)6-2-3-10(16-15)7-9-4-5-11(13)12(14)8-9/h4-5,8,10,16H,2-3,6-7,15H2,1H3. The van der Waals surface area contributed by atoms with Crippen molar-refractivity contribution >= 4 is 9.84 Å². The molecule has 0 fully saturated rings. The highest BCUT2D eigenvalue weighted by atomic mass is 32.2. The van der Waals surface area contributed by atoms with E-state index < -0.39 is 21.5 Å². The predicted octanol–water partition coefficient (Wildman–Crippen LogP) is 1.16. The number of hydrogen-bond donors (Lipinski definition) is 2. The second kappa shape index (κ2) is 6.93. The molecule has 1 aromatic carbocycles. The van der Waals surface area contributed by atoms with Crippen molar-refractivity contribution < 1.29 is 17.2 Å². The van der Waals surface area contributed by atoms with Crippen molar-refractivity contribution in [1.29, 1.82) is 0 Å². The van der Waals surface area contributed by atoms with Crippen LogP contribution in [0.25, 0.3) is 0 Å². The molecule has 0 heterocycles. The topological polar surface area (TPSA) is 72.2 Å². The summed E-state index contributed by atoms with van der Waals surface area (Å²) in [6.45, 7) is 0. The van der Waals surface area contributed by atoms with Crippen LogP contribution >= 0.6 is 0 Å². The van der Waals surface area contributed by atoms with Crippen LogP contribution in [0.15, 0.2) is 18.2 Å². The van der Waals surface area contributed by atoms with E-state index in [1.807, 2.05) is 0 Å². The van der Waals surface area contributed by atoms with Crippen LogP contribution in [0.3, 0.4) is 0 Å². The Morgan fingerprint density at radius 3 is 2.53 bits per heavy atom. The molecule has 3 N–H and O–H groups in total. The molecular weight excluding hydrogens is 274 g/mol. The maximum absolute atomic E-state index is 13.0. The van der Waals surface area contributed by atoms with Crippen molar-refractivity contribution in [3.05, 3.63) is 35.4 Å². The average molecular weight is 292 g/mol. The Morgan fingerprint density at radius 1 is 1.32 bits per heavy atom. The third-order valence-electron chi connectivity index (χ3n) is 2.77. The Morgan fingerprint density at radius 2 is 2.00 bits per heavy atom. The second-order valence-electron chi connectivity index (χ2n) is 4.59. The van der Waals surface area contributed by atoms with Gasteiger partial charge in [-0.05, 0) is 37.0 Å². The van der Waals surface area contributed by atoms with Crippen molar-refractivity contribution in [1.82, 2.24) is 5.43 Å². The van der Waals surface area contributed by atoms with Crippen LogP contribution in [0.1, 0.15) is 18.4 Å². The highest BCUT2D eigenvalue weighted by Gasteiger charge is 2.11. The number of sulfone groups is 1. The van der Waals surface area contributed by atoms with Crippen LogP contribution in [0.4, 0.5) is 8.78 Å². The van der Waals surface area contributed by atoms with E-state index in [2.05, 4.69) is 5.43 Å². The molecule has 0 spiro atoms. The number of halogens is 2. The number of benzene rings is 1. The van der Waals surface area contributed by atoms with Gasteiger partial charge < -0.3 is 0 Å². The summed E-state index contributed by atoms with van der Waals surface area (Å²) in [5.41, 5.74) is 3.17. The highest BCUT2D eigenvalue weighted by Crippen LogP contribution is 2.12. The van der Waals surface area contributed by atoms with E-state index in [1.165, 1.54) is 12.3 Å². The van der Waals surface area contributed by atoms with Gasteiger partial charge in [0.05, 0.1) is 0 Å². The minimum Gasteiger partial charge on any atom is -0.271 e. The minimum absolute atomic E-state index is 0.0863. The minimum atomic E-state index is -2.99. The van der Waals surface area contributed by atoms with E-state index in [1.54, 1.807) is 0 Å². The van der Waals surface area contributed by atoms with Crippen LogP contribution in [-0.4, -0.2) is 26.5 Å². The Balaban J connectivity index is 2.54. The van der Waals surface area contributed by atoms with Gasteiger partial charge in [0.15, 0.2) is 11.6 Å². The molecule has 0 radical (unpaired) electrons. The summed E-state index contributed by atoms with van der Waals surface area (Å²) >= 11 is 0. The lowest BCUT2D eigenvalue weighted by atomic mass is 10.0. The smallest absolute Gasteiger partial charge is 0.159 e. The molecule has 1 aromatic rings. The average Bonchev–Trinajstić information content (AvgIpc) is 2.31. The SMILES string of the molecule is CS(=O)(=O)CCCC(Cc1ccc(F)c(F)c1)NN. The molecule has 1 atom stereocenters. The van der Waals surface area contributed by atoms with E-state index in [-0.39, 0.29) is 11.8 Å². The zero-order valence-electron chi connectivity index (χ0n) is 10.7. The third kappa shape index (κ3) is 6.09. The van der Waals surface area contributed by atoms with Crippen LogP contribution in [0.5, 0.6) is 0 Å². The van der Waals surface area contributed by atoms with Gasteiger partial charge in [-0.1, -0.05) is 6.07 Å². The Kier molecular flexibility index (Phi) is 5.84. The first-order valence-corrected chi connectivity index (χ1v) is 7.95. The highest BCUT2D eigenvalue weighted by molar-refractivity contribution is 7.90. The lowest BCUT2D eigenvalue weighted by molar-refractivity contribution is 0.478. The summed E-state index contributed by atoms with van der Waals surface area (Å²) in [5, 5.41) is 0. The van der Waals surface area contributed by atoms with Crippen molar-refractivity contribution in [3.63, 3.8) is 0 Å². The molecule has 7 heteroatoms. The molecule has 0 bridgehead atoms. The van der Waals surface area contributed by atoms with Gasteiger partial charge in [0.1, 0.15) is 9.84 Å².